The van der Waals surface area contributed by atoms with Crippen LogP contribution in [-0.2, 0) is 0 Å². The minimum absolute atomic E-state index is 0.507. The van der Waals surface area contributed by atoms with Crippen molar-refractivity contribution in [3.05, 3.63) is 44.8 Å². The van der Waals surface area contributed by atoms with Gasteiger partial charge in [-0.05, 0) is 41.9 Å². The van der Waals surface area contributed by atoms with Gasteiger partial charge < -0.3 is 0 Å². The Hall–Kier alpha value is -0.340. The van der Waals surface area contributed by atoms with E-state index in [1.807, 2.05) is 0 Å². The molecule has 0 fully saturated rings. The normalized spacial score (nSPS) is 25.1. The zero-order chi connectivity index (χ0) is 11.9. The van der Waals surface area contributed by atoms with Crippen molar-refractivity contribution in [2.45, 2.75) is 27.2 Å². The highest BCUT2D eigenvalue weighted by Crippen LogP contribution is 2.43. The molecule has 0 amide bonds. The molecule has 0 spiro atoms. The standard InChI is InChI=1S/C14H18S2/c1-8(2)14(16)6-10-4-11-5-12(15)7-13(11)9(10)3/h5-8,13,15-16H,4H2,1-3H3/b14-6+. The molecule has 1 unspecified atom stereocenters. The molecular formula is C14H18S2. The predicted molar refractivity (Wildman–Crippen MR) is 77.9 cm³/mol. The van der Waals surface area contributed by atoms with Gasteiger partial charge in [-0.15, -0.1) is 25.3 Å². The topological polar surface area (TPSA) is 0 Å². The highest BCUT2D eigenvalue weighted by atomic mass is 32.1. The summed E-state index contributed by atoms with van der Waals surface area (Å²) >= 11 is 8.95. The van der Waals surface area contributed by atoms with Crippen molar-refractivity contribution in [1.29, 1.82) is 0 Å². The summed E-state index contributed by atoms with van der Waals surface area (Å²) in [5.74, 6) is 1.01. The Kier molecular flexibility index (Phi) is 3.41. The van der Waals surface area contributed by atoms with Gasteiger partial charge in [0, 0.05) is 10.8 Å². The van der Waals surface area contributed by atoms with Gasteiger partial charge in [0.1, 0.15) is 0 Å². The van der Waals surface area contributed by atoms with Crippen molar-refractivity contribution >= 4 is 25.3 Å². The van der Waals surface area contributed by atoms with E-state index in [9.17, 15) is 0 Å². The molecule has 1 atom stereocenters. The van der Waals surface area contributed by atoms with Gasteiger partial charge in [-0.25, -0.2) is 0 Å². The molecular weight excluding hydrogens is 232 g/mol. The smallest absolute Gasteiger partial charge is 0.0210 e. The van der Waals surface area contributed by atoms with Gasteiger partial charge >= 0.3 is 0 Å². The van der Waals surface area contributed by atoms with Gasteiger partial charge in [0.2, 0.25) is 0 Å². The van der Waals surface area contributed by atoms with Crippen molar-refractivity contribution in [3.63, 3.8) is 0 Å². The van der Waals surface area contributed by atoms with Crippen LogP contribution in [0.15, 0.2) is 44.8 Å². The van der Waals surface area contributed by atoms with Gasteiger partial charge in [0.05, 0.1) is 0 Å². The molecule has 0 aromatic carbocycles. The van der Waals surface area contributed by atoms with E-state index >= 15 is 0 Å². The van der Waals surface area contributed by atoms with E-state index in [-0.39, 0.29) is 0 Å². The Labute approximate surface area is 109 Å². The summed E-state index contributed by atoms with van der Waals surface area (Å²) in [5, 5.41) is 0. The van der Waals surface area contributed by atoms with Gasteiger partial charge in [-0.1, -0.05) is 31.1 Å². The fourth-order valence-corrected chi connectivity index (χ4v) is 2.71. The van der Waals surface area contributed by atoms with Crippen molar-refractivity contribution in [2.75, 3.05) is 0 Å². The number of fused-ring (bicyclic) bond motifs is 1. The molecule has 0 bridgehead atoms. The number of allylic oxidation sites excluding steroid dienone is 7. The second-order valence-electron chi connectivity index (χ2n) is 4.90. The third-order valence-electron chi connectivity index (χ3n) is 3.35. The molecule has 0 aromatic rings. The predicted octanol–water partition coefficient (Wildman–Crippen LogP) is 4.55. The monoisotopic (exact) mass is 250 g/mol. The minimum atomic E-state index is 0.507. The average Bonchev–Trinajstić information content (AvgIpc) is 2.67. The van der Waals surface area contributed by atoms with E-state index in [2.05, 4.69) is 64.3 Å². The van der Waals surface area contributed by atoms with Crippen molar-refractivity contribution in [2.24, 2.45) is 11.8 Å². The first kappa shape index (κ1) is 12.1. The van der Waals surface area contributed by atoms with Crippen LogP contribution < -0.4 is 0 Å². The molecule has 0 saturated carbocycles. The van der Waals surface area contributed by atoms with Crippen LogP contribution in [0, 0.1) is 11.8 Å². The molecule has 0 saturated heterocycles. The van der Waals surface area contributed by atoms with Crippen LogP contribution in [0.5, 0.6) is 0 Å². The molecule has 0 aliphatic heterocycles. The fourth-order valence-electron chi connectivity index (χ4n) is 2.24. The number of rotatable bonds is 2. The van der Waals surface area contributed by atoms with E-state index in [0.717, 1.165) is 11.3 Å². The molecule has 0 nitrogen and oxygen atoms in total. The van der Waals surface area contributed by atoms with Crippen LogP contribution in [0.1, 0.15) is 27.2 Å². The average molecular weight is 250 g/mol. The van der Waals surface area contributed by atoms with Crippen LogP contribution in [0.4, 0.5) is 0 Å². The largest absolute Gasteiger partial charge is 0.148 e. The van der Waals surface area contributed by atoms with E-state index in [0.29, 0.717) is 11.8 Å². The molecule has 2 aliphatic rings. The summed E-state index contributed by atoms with van der Waals surface area (Å²) in [6.07, 6.45) is 7.75. The highest BCUT2D eigenvalue weighted by Gasteiger charge is 2.27. The molecule has 0 heterocycles. The minimum Gasteiger partial charge on any atom is -0.148 e. The summed E-state index contributed by atoms with van der Waals surface area (Å²) in [5.41, 5.74) is 4.38. The molecule has 2 aliphatic carbocycles. The lowest BCUT2D eigenvalue weighted by molar-refractivity contribution is 0.816. The quantitative estimate of drug-likeness (QED) is 0.660. The second kappa shape index (κ2) is 4.50. The van der Waals surface area contributed by atoms with Crippen LogP contribution in [0.3, 0.4) is 0 Å². The first-order chi connectivity index (χ1) is 7.49. The lowest BCUT2D eigenvalue weighted by Crippen LogP contribution is -1.91. The maximum Gasteiger partial charge on any atom is 0.0210 e. The lowest BCUT2D eigenvalue weighted by Gasteiger charge is -2.06. The summed E-state index contributed by atoms with van der Waals surface area (Å²) in [6.45, 7) is 6.58. The highest BCUT2D eigenvalue weighted by molar-refractivity contribution is 7.84. The third kappa shape index (κ3) is 2.18. The Balaban J connectivity index is 2.27. The van der Waals surface area contributed by atoms with E-state index in [1.54, 1.807) is 0 Å². The Morgan fingerprint density at radius 2 is 2.19 bits per heavy atom. The molecule has 0 N–H and O–H groups in total. The maximum atomic E-state index is 4.54. The number of hydrogen-bond acceptors (Lipinski definition) is 2. The van der Waals surface area contributed by atoms with Crippen molar-refractivity contribution in [3.8, 4) is 0 Å². The molecule has 86 valence electrons. The van der Waals surface area contributed by atoms with E-state index in [1.165, 1.54) is 21.6 Å². The van der Waals surface area contributed by atoms with Gasteiger partial charge in [-0.2, -0.15) is 0 Å². The molecule has 0 aromatic heterocycles. The fraction of sp³-hybridized carbons (Fsp3) is 0.429. The van der Waals surface area contributed by atoms with Crippen LogP contribution in [-0.4, -0.2) is 0 Å². The third-order valence-corrected chi connectivity index (χ3v) is 4.28. The van der Waals surface area contributed by atoms with Crippen LogP contribution in [0.25, 0.3) is 0 Å². The van der Waals surface area contributed by atoms with Gasteiger partial charge in [0.25, 0.3) is 0 Å². The number of hydrogen-bond donors (Lipinski definition) is 2. The Morgan fingerprint density at radius 1 is 1.50 bits per heavy atom. The first-order valence-corrected chi connectivity index (χ1v) is 6.60. The molecule has 16 heavy (non-hydrogen) atoms. The van der Waals surface area contributed by atoms with Crippen LogP contribution in [0.2, 0.25) is 0 Å². The summed E-state index contributed by atoms with van der Waals surface area (Å²) in [6, 6.07) is 0. The molecule has 2 rings (SSSR count). The summed E-state index contributed by atoms with van der Waals surface area (Å²) in [4.78, 5) is 2.28. The lowest BCUT2D eigenvalue weighted by atomic mass is 10.0. The number of thiol groups is 2. The zero-order valence-corrected chi connectivity index (χ0v) is 11.8. The summed E-state index contributed by atoms with van der Waals surface area (Å²) in [7, 11) is 0. The molecule has 2 heteroatoms. The second-order valence-corrected chi connectivity index (χ2v) is 5.93. The van der Waals surface area contributed by atoms with Crippen LogP contribution >= 0.6 is 25.3 Å². The van der Waals surface area contributed by atoms with Gasteiger partial charge in [-0.3, -0.25) is 0 Å². The molecule has 0 radical (unpaired) electrons. The van der Waals surface area contributed by atoms with E-state index in [4.69, 9.17) is 0 Å². The zero-order valence-electron chi connectivity index (χ0n) is 9.99. The van der Waals surface area contributed by atoms with E-state index < -0.39 is 0 Å². The first-order valence-electron chi connectivity index (χ1n) is 5.70. The summed E-state index contributed by atoms with van der Waals surface area (Å²) < 4.78 is 0. The maximum absolute atomic E-state index is 4.54. The van der Waals surface area contributed by atoms with Crippen molar-refractivity contribution < 1.29 is 0 Å². The Bertz CT molecular complexity index is 434. The van der Waals surface area contributed by atoms with Crippen molar-refractivity contribution in [1.82, 2.24) is 0 Å². The van der Waals surface area contributed by atoms with Gasteiger partial charge in [0.15, 0.2) is 0 Å². The Morgan fingerprint density at radius 3 is 2.75 bits per heavy atom. The SMILES string of the molecule is CC1=C(/C=C(/S)C(C)C)CC2=CC(S)=CC21.